The molecule has 0 spiro atoms. The van der Waals surface area contributed by atoms with E-state index in [0.29, 0.717) is 12.4 Å². The Hall–Kier alpha value is -1.62. The van der Waals surface area contributed by atoms with Crippen LogP contribution >= 0.6 is 0 Å². The van der Waals surface area contributed by atoms with Crippen LogP contribution in [-0.2, 0) is 11.3 Å². The van der Waals surface area contributed by atoms with Crippen LogP contribution in [0.4, 0.5) is 0 Å². The maximum Gasteiger partial charge on any atom is 0.237 e. The Balaban J connectivity index is 2.52. The largest absolute Gasteiger partial charge is 0.481 e. The molecule has 0 aromatic carbocycles. The van der Waals surface area contributed by atoms with E-state index in [1.54, 1.807) is 13.2 Å². The van der Waals surface area contributed by atoms with E-state index in [1.807, 2.05) is 26.0 Å². The van der Waals surface area contributed by atoms with Gasteiger partial charge >= 0.3 is 0 Å². The van der Waals surface area contributed by atoms with Gasteiger partial charge < -0.3 is 15.8 Å². The zero-order valence-electron chi connectivity index (χ0n) is 10.4. The summed E-state index contributed by atoms with van der Waals surface area (Å²) in [4.78, 5) is 15.8. The zero-order chi connectivity index (χ0) is 12.8. The summed E-state index contributed by atoms with van der Waals surface area (Å²) < 4.78 is 5.00. The molecule has 0 bridgehead atoms. The molecule has 0 unspecified atom stereocenters. The summed E-state index contributed by atoms with van der Waals surface area (Å²) in [6, 6.07) is 4.92. The number of hydrogen-bond acceptors (Lipinski definition) is 4. The Morgan fingerprint density at radius 2 is 2.24 bits per heavy atom. The lowest BCUT2D eigenvalue weighted by Crippen LogP contribution is -2.43. The molecular formula is C12H19N3O2. The summed E-state index contributed by atoms with van der Waals surface area (Å²) in [5.74, 6) is 0.489. The third-order valence-corrected chi connectivity index (χ3v) is 2.46. The van der Waals surface area contributed by atoms with E-state index in [-0.39, 0.29) is 11.8 Å². The minimum Gasteiger partial charge on any atom is -0.481 e. The molecule has 0 aliphatic heterocycles. The third-order valence-electron chi connectivity index (χ3n) is 2.46. The van der Waals surface area contributed by atoms with Gasteiger partial charge in [-0.1, -0.05) is 19.9 Å². The van der Waals surface area contributed by atoms with Crippen molar-refractivity contribution >= 4 is 5.91 Å². The summed E-state index contributed by atoms with van der Waals surface area (Å²) in [6.45, 7) is 4.18. The highest BCUT2D eigenvalue weighted by Gasteiger charge is 2.16. The Morgan fingerprint density at radius 3 is 2.82 bits per heavy atom. The minimum absolute atomic E-state index is 0.119. The van der Waals surface area contributed by atoms with Gasteiger partial charge in [-0.25, -0.2) is 4.98 Å². The number of carbonyl (C=O) groups is 1. The van der Waals surface area contributed by atoms with Crippen molar-refractivity contribution in [2.24, 2.45) is 11.7 Å². The minimum atomic E-state index is -0.486. The fraction of sp³-hybridized carbons (Fsp3) is 0.500. The van der Waals surface area contributed by atoms with Gasteiger partial charge in [-0.15, -0.1) is 0 Å². The number of hydrogen-bond donors (Lipinski definition) is 2. The van der Waals surface area contributed by atoms with Gasteiger partial charge in [-0.2, -0.15) is 0 Å². The van der Waals surface area contributed by atoms with Crippen molar-refractivity contribution in [1.29, 1.82) is 0 Å². The maximum atomic E-state index is 11.6. The van der Waals surface area contributed by atoms with E-state index < -0.39 is 6.04 Å². The Bertz CT molecular complexity index is 380. The number of ether oxygens (including phenoxy) is 1. The van der Waals surface area contributed by atoms with E-state index in [9.17, 15) is 4.79 Å². The van der Waals surface area contributed by atoms with E-state index in [0.717, 1.165) is 5.69 Å². The number of rotatable bonds is 5. The van der Waals surface area contributed by atoms with E-state index in [1.165, 1.54) is 0 Å². The second-order valence-corrected chi connectivity index (χ2v) is 4.16. The number of carbonyl (C=O) groups excluding carboxylic acids is 1. The maximum absolute atomic E-state index is 11.6. The molecule has 1 rings (SSSR count). The predicted molar refractivity (Wildman–Crippen MR) is 65.4 cm³/mol. The number of methoxy groups -OCH3 is 1. The normalized spacial score (nSPS) is 12.3. The number of nitrogens with two attached hydrogens (primary N) is 1. The van der Waals surface area contributed by atoms with Crippen LogP contribution in [0.15, 0.2) is 18.2 Å². The number of amides is 1. The number of aromatic nitrogens is 1. The van der Waals surface area contributed by atoms with Crippen LogP contribution < -0.4 is 15.8 Å². The van der Waals surface area contributed by atoms with Crippen LogP contribution in [0.2, 0.25) is 0 Å². The predicted octanol–water partition coefficient (Wildman–Crippen LogP) is 0.690. The van der Waals surface area contributed by atoms with Gasteiger partial charge in [-0.05, 0) is 12.0 Å². The van der Waals surface area contributed by atoms with Crippen molar-refractivity contribution in [2.45, 2.75) is 26.4 Å². The molecule has 94 valence electrons. The fourth-order valence-corrected chi connectivity index (χ4v) is 1.27. The van der Waals surface area contributed by atoms with Crippen molar-refractivity contribution < 1.29 is 9.53 Å². The molecule has 1 amide bonds. The smallest absolute Gasteiger partial charge is 0.237 e. The number of pyridine rings is 1. The first-order valence-electron chi connectivity index (χ1n) is 5.57. The van der Waals surface area contributed by atoms with Crippen molar-refractivity contribution in [1.82, 2.24) is 10.3 Å². The fourth-order valence-electron chi connectivity index (χ4n) is 1.27. The van der Waals surface area contributed by atoms with Crippen LogP contribution in [0.25, 0.3) is 0 Å². The average Bonchev–Trinajstić information content (AvgIpc) is 2.35. The van der Waals surface area contributed by atoms with Gasteiger partial charge in [0.05, 0.1) is 25.4 Å². The van der Waals surface area contributed by atoms with E-state index in [2.05, 4.69) is 10.3 Å². The highest BCUT2D eigenvalue weighted by Crippen LogP contribution is 2.06. The molecular weight excluding hydrogens is 218 g/mol. The van der Waals surface area contributed by atoms with Gasteiger partial charge in [-0.3, -0.25) is 4.79 Å². The molecule has 0 aliphatic rings. The van der Waals surface area contributed by atoms with Crippen LogP contribution in [0, 0.1) is 5.92 Å². The lowest BCUT2D eigenvalue weighted by Gasteiger charge is -2.15. The lowest BCUT2D eigenvalue weighted by atomic mass is 10.1. The first-order valence-corrected chi connectivity index (χ1v) is 5.57. The molecule has 0 radical (unpaired) electrons. The second-order valence-electron chi connectivity index (χ2n) is 4.16. The van der Waals surface area contributed by atoms with Crippen LogP contribution in [0.5, 0.6) is 5.88 Å². The van der Waals surface area contributed by atoms with Gasteiger partial charge in [0.2, 0.25) is 11.8 Å². The molecule has 5 nitrogen and oxygen atoms in total. The van der Waals surface area contributed by atoms with Crippen molar-refractivity contribution in [3.05, 3.63) is 23.9 Å². The summed E-state index contributed by atoms with van der Waals surface area (Å²) >= 11 is 0. The monoisotopic (exact) mass is 237 g/mol. The molecule has 1 atom stereocenters. The van der Waals surface area contributed by atoms with Gasteiger partial charge in [0, 0.05) is 6.07 Å². The summed E-state index contributed by atoms with van der Waals surface area (Å²) in [7, 11) is 1.55. The lowest BCUT2D eigenvalue weighted by molar-refractivity contribution is -0.123. The third kappa shape index (κ3) is 4.03. The molecule has 1 aromatic heterocycles. The zero-order valence-corrected chi connectivity index (χ0v) is 10.4. The first kappa shape index (κ1) is 13.4. The summed E-state index contributed by atoms with van der Waals surface area (Å²) in [6.07, 6.45) is 0. The Morgan fingerprint density at radius 1 is 1.53 bits per heavy atom. The molecule has 5 heteroatoms. The SMILES string of the molecule is COc1cccc(CNC(=O)[C@@H](N)C(C)C)n1. The van der Waals surface area contributed by atoms with E-state index in [4.69, 9.17) is 10.5 Å². The molecule has 17 heavy (non-hydrogen) atoms. The van der Waals surface area contributed by atoms with Gasteiger partial charge in [0.15, 0.2) is 0 Å². The van der Waals surface area contributed by atoms with Crippen LogP contribution in [0.3, 0.4) is 0 Å². The van der Waals surface area contributed by atoms with Gasteiger partial charge in [0.1, 0.15) is 0 Å². The molecule has 0 saturated heterocycles. The quantitative estimate of drug-likeness (QED) is 0.790. The molecule has 1 aromatic rings. The standard InChI is InChI=1S/C12H19N3O2/c1-8(2)11(13)12(16)14-7-9-5-4-6-10(15-9)17-3/h4-6,8,11H,7,13H2,1-3H3,(H,14,16)/t11-/m0/s1. The molecule has 0 aliphatic carbocycles. The summed E-state index contributed by atoms with van der Waals surface area (Å²) in [5, 5.41) is 2.75. The topological polar surface area (TPSA) is 77.2 Å². The highest BCUT2D eigenvalue weighted by atomic mass is 16.5. The average molecular weight is 237 g/mol. The number of nitrogens with one attached hydrogen (secondary N) is 1. The molecule has 3 N–H and O–H groups in total. The first-order chi connectivity index (χ1) is 8.04. The Kier molecular flexibility index (Phi) is 4.90. The van der Waals surface area contributed by atoms with Crippen molar-refractivity contribution in [3.63, 3.8) is 0 Å². The van der Waals surface area contributed by atoms with Crippen LogP contribution in [-0.4, -0.2) is 24.0 Å². The van der Waals surface area contributed by atoms with Crippen LogP contribution in [0.1, 0.15) is 19.5 Å². The van der Waals surface area contributed by atoms with Gasteiger partial charge in [0.25, 0.3) is 0 Å². The Labute approximate surface area is 101 Å². The van der Waals surface area contributed by atoms with Crippen molar-refractivity contribution in [2.75, 3.05) is 7.11 Å². The molecule has 0 fully saturated rings. The molecule has 0 saturated carbocycles. The van der Waals surface area contributed by atoms with Crippen molar-refractivity contribution in [3.8, 4) is 5.88 Å². The summed E-state index contributed by atoms with van der Waals surface area (Å²) in [5.41, 5.74) is 6.47. The molecule has 1 heterocycles. The van der Waals surface area contributed by atoms with E-state index >= 15 is 0 Å². The number of nitrogens with zero attached hydrogens (tertiary/aromatic N) is 1. The second kappa shape index (κ2) is 6.20. The highest BCUT2D eigenvalue weighted by molar-refractivity contribution is 5.81.